The Kier molecular flexibility index (Phi) is 7.84. The fourth-order valence-electron chi connectivity index (χ4n) is 4.50. The van der Waals surface area contributed by atoms with Crippen LogP contribution < -0.4 is 4.90 Å². The summed E-state index contributed by atoms with van der Waals surface area (Å²) >= 11 is 6.75. The van der Waals surface area contributed by atoms with Gasteiger partial charge in [0.15, 0.2) is 0 Å². The molecule has 0 bridgehead atoms. The summed E-state index contributed by atoms with van der Waals surface area (Å²) in [6.07, 6.45) is 1.13. The van der Waals surface area contributed by atoms with Gasteiger partial charge in [0.25, 0.3) is 0 Å². The van der Waals surface area contributed by atoms with Crippen LogP contribution in [0, 0.1) is 17.1 Å². The number of hydrogen-bond donors (Lipinski definition) is 1. The molecule has 3 aromatic carbocycles. The van der Waals surface area contributed by atoms with Crippen molar-refractivity contribution in [1.82, 2.24) is 4.90 Å². The van der Waals surface area contributed by atoms with E-state index in [-0.39, 0.29) is 18.0 Å². The molecular formula is C28H29ClFN3O. The SMILES string of the molecule is C[C@@H](O)CCc1ccc(N2CCN(Cc3ccc(C#N)cc3)C[C@H]2c2ccc(F)cc2)c(Cl)c1. The predicted molar refractivity (Wildman–Crippen MR) is 134 cm³/mol. The van der Waals surface area contributed by atoms with Gasteiger partial charge in [0.2, 0.25) is 0 Å². The quantitative estimate of drug-likeness (QED) is 0.472. The van der Waals surface area contributed by atoms with E-state index >= 15 is 0 Å². The zero-order valence-corrected chi connectivity index (χ0v) is 20.0. The number of benzene rings is 3. The van der Waals surface area contributed by atoms with Crippen molar-refractivity contribution < 1.29 is 9.50 Å². The number of nitrogens with zero attached hydrogens (tertiary/aromatic N) is 3. The second-order valence-corrected chi connectivity index (χ2v) is 9.39. The molecule has 1 N–H and O–H groups in total. The number of rotatable bonds is 7. The number of aliphatic hydroxyl groups is 1. The molecule has 34 heavy (non-hydrogen) atoms. The Hall–Kier alpha value is -2.91. The predicted octanol–water partition coefficient (Wildman–Crippen LogP) is 5.73. The smallest absolute Gasteiger partial charge is 0.123 e. The zero-order chi connectivity index (χ0) is 24.1. The zero-order valence-electron chi connectivity index (χ0n) is 19.3. The molecule has 0 saturated carbocycles. The fourth-order valence-corrected chi connectivity index (χ4v) is 4.81. The lowest BCUT2D eigenvalue weighted by molar-refractivity contribution is 0.185. The molecule has 0 spiro atoms. The molecule has 1 aliphatic rings. The summed E-state index contributed by atoms with van der Waals surface area (Å²) in [6, 6.07) is 22.7. The van der Waals surface area contributed by atoms with E-state index in [0.717, 1.165) is 55.0 Å². The largest absolute Gasteiger partial charge is 0.393 e. The summed E-state index contributed by atoms with van der Waals surface area (Å²) in [5.41, 5.74) is 4.93. The molecule has 0 amide bonds. The molecule has 1 heterocycles. The van der Waals surface area contributed by atoms with Crippen molar-refractivity contribution in [3.8, 4) is 6.07 Å². The van der Waals surface area contributed by atoms with Gasteiger partial charge < -0.3 is 10.0 Å². The summed E-state index contributed by atoms with van der Waals surface area (Å²) in [7, 11) is 0. The number of halogens is 2. The van der Waals surface area contributed by atoms with Gasteiger partial charge >= 0.3 is 0 Å². The van der Waals surface area contributed by atoms with Gasteiger partial charge in [0, 0.05) is 26.2 Å². The van der Waals surface area contributed by atoms with E-state index in [9.17, 15) is 9.50 Å². The molecule has 1 fully saturated rings. The molecule has 176 valence electrons. The monoisotopic (exact) mass is 477 g/mol. The van der Waals surface area contributed by atoms with Crippen LogP contribution in [0.1, 0.15) is 41.6 Å². The third-order valence-corrected chi connectivity index (χ3v) is 6.68. The van der Waals surface area contributed by atoms with E-state index in [2.05, 4.69) is 28.0 Å². The third-order valence-electron chi connectivity index (χ3n) is 6.38. The highest BCUT2D eigenvalue weighted by Gasteiger charge is 2.30. The second-order valence-electron chi connectivity index (χ2n) is 8.98. The van der Waals surface area contributed by atoms with Gasteiger partial charge in [-0.1, -0.05) is 41.9 Å². The minimum Gasteiger partial charge on any atom is -0.393 e. The lowest BCUT2D eigenvalue weighted by atomic mass is 9.99. The first kappa shape index (κ1) is 24.2. The molecule has 0 aromatic heterocycles. The Morgan fingerprint density at radius 1 is 1.06 bits per heavy atom. The van der Waals surface area contributed by atoms with Crippen LogP contribution in [-0.2, 0) is 13.0 Å². The molecule has 4 rings (SSSR count). The summed E-state index contributed by atoms with van der Waals surface area (Å²) < 4.78 is 13.7. The normalized spacial score (nSPS) is 17.4. The number of anilines is 1. The Labute approximate surface area is 205 Å². The van der Waals surface area contributed by atoms with Gasteiger partial charge in [0.05, 0.1) is 34.5 Å². The summed E-state index contributed by atoms with van der Waals surface area (Å²) in [6.45, 7) is 4.98. The Morgan fingerprint density at radius 3 is 2.41 bits per heavy atom. The van der Waals surface area contributed by atoms with Crippen LogP contribution in [0.4, 0.5) is 10.1 Å². The molecule has 0 unspecified atom stereocenters. The van der Waals surface area contributed by atoms with E-state index < -0.39 is 0 Å². The highest BCUT2D eigenvalue weighted by atomic mass is 35.5. The molecule has 3 aromatic rings. The lowest BCUT2D eigenvalue weighted by Crippen LogP contribution is -2.48. The van der Waals surface area contributed by atoms with Gasteiger partial charge in [-0.2, -0.15) is 5.26 Å². The van der Waals surface area contributed by atoms with Gasteiger partial charge in [-0.05, 0) is 72.9 Å². The van der Waals surface area contributed by atoms with Crippen molar-refractivity contribution in [3.63, 3.8) is 0 Å². The van der Waals surface area contributed by atoms with Crippen molar-refractivity contribution in [2.45, 2.75) is 38.5 Å². The highest BCUT2D eigenvalue weighted by molar-refractivity contribution is 6.33. The van der Waals surface area contributed by atoms with Crippen LogP contribution in [0.2, 0.25) is 5.02 Å². The minimum atomic E-state index is -0.342. The Balaban J connectivity index is 1.57. The molecule has 4 nitrogen and oxygen atoms in total. The Bertz CT molecular complexity index is 1140. The summed E-state index contributed by atoms with van der Waals surface area (Å²) in [4.78, 5) is 4.69. The number of hydrogen-bond acceptors (Lipinski definition) is 4. The van der Waals surface area contributed by atoms with Crippen LogP contribution >= 0.6 is 11.6 Å². The van der Waals surface area contributed by atoms with Crippen molar-refractivity contribution >= 4 is 17.3 Å². The molecule has 2 atom stereocenters. The van der Waals surface area contributed by atoms with Crippen molar-refractivity contribution in [1.29, 1.82) is 5.26 Å². The average molecular weight is 478 g/mol. The molecule has 0 radical (unpaired) electrons. The van der Waals surface area contributed by atoms with E-state index in [1.54, 1.807) is 6.92 Å². The average Bonchev–Trinajstić information content (AvgIpc) is 2.84. The van der Waals surface area contributed by atoms with Gasteiger partial charge in [-0.15, -0.1) is 0 Å². The molecule has 1 saturated heterocycles. The van der Waals surface area contributed by atoms with Crippen molar-refractivity contribution in [2.75, 3.05) is 24.5 Å². The van der Waals surface area contributed by atoms with E-state index in [4.69, 9.17) is 16.9 Å². The Morgan fingerprint density at radius 2 is 1.76 bits per heavy atom. The van der Waals surface area contributed by atoms with Gasteiger partial charge in [-0.25, -0.2) is 4.39 Å². The van der Waals surface area contributed by atoms with Crippen molar-refractivity contribution in [3.05, 3.63) is 99.8 Å². The summed E-state index contributed by atoms with van der Waals surface area (Å²) in [5, 5.41) is 19.3. The maximum absolute atomic E-state index is 13.7. The highest BCUT2D eigenvalue weighted by Crippen LogP contribution is 2.36. The van der Waals surface area contributed by atoms with Gasteiger partial charge in [-0.3, -0.25) is 4.90 Å². The van der Waals surface area contributed by atoms with Crippen LogP contribution in [0.15, 0.2) is 66.7 Å². The first-order valence-electron chi connectivity index (χ1n) is 11.6. The first-order valence-corrected chi connectivity index (χ1v) is 12.0. The first-order chi connectivity index (χ1) is 16.4. The maximum atomic E-state index is 13.7. The van der Waals surface area contributed by atoms with Gasteiger partial charge in [0.1, 0.15) is 5.82 Å². The van der Waals surface area contributed by atoms with Crippen LogP contribution in [0.25, 0.3) is 0 Å². The number of piperazine rings is 1. The number of aryl methyl sites for hydroxylation is 1. The summed E-state index contributed by atoms with van der Waals surface area (Å²) in [5.74, 6) is -0.249. The number of aliphatic hydroxyl groups excluding tert-OH is 1. The van der Waals surface area contributed by atoms with Crippen LogP contribution in [-0.4, -0.2) is 35.7 Å². The molecular weight excluding hydrogens is 449 g/mol. The standard InChI is InChI=1S/C28H29ClFN3O/c1-20(34)2-3-21-8-13-27(26(29)16-21)33-15-14-32(18-23-6-4-22(17-31)5-7-23)19-28(33)24-9-11-25(30)12-10-24/h4-13,16,20,28,34H,2-3,14-15,18-19H2,1H3/t20-,28+/m1/s1. The molecule has 1 aliphatic heterocycles. The fraction of sp³-hybridized carbons (Fsp3) is 0.321. The van der Waals surface area contributed by atoms with E-state index in [0.29, 0.717) is 17.0 Å². The number of nitriles is 1. The topological polar surface area (TPSA) is 50.5 Å². The second kappa shape index (κ2) is 11.0. The third kappa shape index (κ3) is 5.95. The minimum absolute atomic E-state index is 0.0218. The van der Waals surface area contributed by atoms with E-state index in [1.165, 1.54) is 12.1 Å². The lowest BCUT2D eigenvalue weighted by Gasteiger charge is -2.43. The molecule has 0 aliphatic carbocycles. The van der Waals surface area contributed by atoms with Crippen LogP contribution in [0.5, 0.6) is 0 Å². The van der Waals surface area contributed by atoms with Crippen molar-refractivity contribution in [2.24, 2.45) is 0 Å². The maximum Gasteiger partial charge on any atom is 0.123 e. The van der Waals surface area contributed by atoms with Crippen LogP contribution in [0.3, 0.4) is 0 Å². The van der Waals surface area contributed by atoms with E-state index in [1.807, 2.05) is 42.5 Å². The molecule has 6 heteroatoms.